The first-order chi connectivity index (χ1) is 8.16. The van der Waals surface area contributed by atoms with Crippen molar-refractivity contribution in [3.05, 3.63) is 53.4 Å². The lowest BCUT2D eigenvalue weighted by molar-refractivity contribution is 0.0991. The van der Waals surface area contributed by atoms with E-state index in [4.69, 9.17) is 16.0 Å². The average molecular weight is 269 g/mol. The molecule has 1 heterocycles. The fourth-order valence-electron chi connectivity index (χ4n) is 1.30. The number of hydrogen-bond donors (Lipinski definition) is 0. The predicted octanol–water partition coefficient (Wildman–Crippen LogP) is 2.92. The summed E-state index contributed by atoms with van der Waals surface area (Å²) in [6.45, 7) is 0. The zero-order chi connectivity index (χ0) is 12.3. The third kappa shape index (κ3) is 3.05. The van der Waals surface area contributed by atoms with Gasteiger partial charge in [0, 0.05) is 9.92 Å². The largest absolute Gasteiger partial charge is 0.461 e. The Morgan fingerprint density at radius 2 is 1.94 bits per heavy atom. The van der Waals surface area contributed by atoms with Crippen LogP contribution < -0.4 is 0 Å². The first-order valence-electron chi connectivity index (χ1n) is 4.87. The van der Waals surface area contributed by atoms with E-state index in [1.807, 2.05) is 0 Å². The van der Waals surface area contributed by atoms with Gasteiger partial charge in [0.15, 0.2) is 5.76 Å². The Morgan fingerprint density at radius 3 is 2.53 bits per heavy atom. The topological polar surface area (TPSA) is 47.3 Å². The van der Waals surface area contributed by atoms with E-state index in [2.05, 4.69) is 0 Å². The van der Waals surface area contributed by atoms with E-state index in [1.165, 1.54) is 6.26 Å². The minimum absolute atomic E-state index is 0.0881. The van der Waals surface area contributed by atoms with Gasteiger partial charge in [0.25, 0.3) is 0 Å². The molecule has 0 bridgehead atoms. The summed E-state index contributed by atoms with van der Waals surface area (Å²) >= 11 is 5.72. The number of rotatable bonds is 4. The lowest BCUT2D eigenvalue weighted by Gasteiger charge is -2.00. The van der Waals surface area contributed by atoms with Crippen molar-refractivity contribution < 1.29 is 13.4 Å². The number of Topliss-reactive ketones (excluding diaryl/α,β-unsaturated/α-hetero) is 1. The van der Waals surface area contributed by atoms with Gasteiger partial charge in [0.2, 0.25) is 5.78 Å². The zero-order valence-electron chi connectivity index (χ0n) is 8.76. The van der Waals surface area contributed by atoms with Crippen molar-refractivity contribution in [3.63, 3.8) is 0 Å². The number of hydrogen-bond acceptors (Lipinski definition) is 3. The molecule has 0 aliphatic carbocycles. The van der Waals surface area contributed by atoms with Crippen LogP contribution in [0.3, 0.4) is 0 Å². The summed E-state index contributed by atoms with van der Waals surface area (Å²) in [5.74, 6) is -0.134. The molecular weight excluding hydrogens is 260 g/mol. The van der Waals surface area contributed by atoms with Crippen molar-refractivity contribution in [1.29, 1.82) is 0 Å². The van der Waals surface area contributed by atoms with Gasteiger partial charge in [0.1, 0.15) is 0 Å². The monoisotopic (exact) mass is 268 g/mol. The summed E-state index contributed by atoms with van der Waals surface area (Å²) in [5.41, 5.74) is 0. The highest BCUT2D eigenvalue weighted by molar-refractivity contribution is 7.85. The van der Waals surface area contributed by atoms with Gasteiger partial charge >= 0.3 is 0 Å². The van der Waals surface area contributed by atoms with Crippen molar-refractivity contribution in [1.82, 2.24) is 0 Å². The third-order valence-corrected chi connectivity index (χ3v) is 3.71. The van der Waals surface area contributed by atoms with E-state index in [0.717, 1.165) is 0 Å². The van der Waals surface area contributed by atoms with Crippen LogP contribution in [-0.2, 0) is 10.8 Å². The Hall–Kier alpha value is -1.39. The summed E-state index contributed by atoms with van der Waals surface area (Å²) in [4.78, 5) is 12.2. The first kappa shape index (κ1) is 12.1. The molecule has 0 N–H and O–H groups in total. The number of carbonyl (C=O) groups excluding carboxylic acids is 1. The van der Waals surface area contributed by atoms with Crippen molar-refractivity contribution in [2.75, 3.05) is 5.75 Å². The Bertz CT molecular complexity index is 531. The van der Waals surface area contributed by atoms with Crippen LogP contribution in [0, 0.1) is 0 Å². The zero-order valence-corrected chi connectivity index (χ0v) is 10.3. The second kappa shape index (κ2) is 5.29. The van der Waals surface area contributed by atoms with E-state index in [0.29, 0.717) is 9.92 Å². The quantitative estimate of drug-likeness (QED) is 0.801. The molecule has 0 spiro atoms. The van der Waals surface area contributed by atoms with Crippen molar-refractivity contribution >= 4 is 28.2 Å². The Kier molecular flexibility index (Phi) is 3.76. The van der Waals surface area contributed by atoms with E-state index >= 15 is 0 Å². The average Bonchev–Trinajstić information content (AvgIpc) is 2.83. The van der Waals surface area contributed by atoms with Crippen LogP contribution in [0.2, 0.25) is 5.02 Å². The van der Waals surface area contributed by atoms with E-state index in [1.54, 1.807) is 36.4 Å². The molecule has 0 radical (unpaired) electrons. The highest BCUT2D eigenvalue weighted by Gasteiger charge is 2.14. The predicted molar refractivity (Wildman–Crippen MR) is 65.8 cm³/mol. The molecule has 17 heavy (non-hydrogen) atoms. The van der Waals surface area contributed by atoms with E-state index < -0.39 is 10.8 Å². The summed E-state index contributed by atoms with van der Waals surface area (Å²) < 4.78 is 16.8. The van der Waals surface area contributed by atoms with Gasteiger partial charge in [0.05, 0.1) is 22.8 Å². The fourth-order valence-corrected chi connectivity index (χ4v) is 2.41. The molecule has 0 fully saturated rings. The van der Waals surface area contributed by atoms with Crippen molar-refractivity contribution in [2.45, 2.75) is 4.90 Å². The molecule has 2 rings (SSSR count). The molecule has 0 saturated heterocycles. The van der Waals surface area contributed by atoms with Gasteiger partial charge in [-0.1, -0.05) is 11.6 Å². The van der Waals surface area contributed by atoms with Crippen molar-refractivity contribution in [3.8, 4) is 0 Å². The summed E-state index contributed by atoms with van der Waals surface area (Å²) in [5, 5.41) is 0.572. The molecular formula is C12H9ClO3S. The maximum atomic E-state index is 11.9. The number of halogens is 1. The molecule has 1 unspecified atom stereocenters. The Morgan fingerprint density at radius 1 is 1.24 bits per heavy atom. The molecule has 0 saturated carbocycles. The van der Waals surface area contributed by atoms with E-state index in [-0.39, 0.29) is 17.3 Å². The number of benzene rings is 1. The number of ketones is 1. The summed E-state index contributed by atoms with van der Waals surface area (Å²) in [6, 6.07) is 9.76. The molecule has 1 aromatic heterocycles. The molecule has 2 aromatic rings. The van der Waals surface area contributed by atoms with Crippen LogP contribution in [0.1, 0.15) is 10.6 Å². The van der Waals surface area contributed by atoms with Crippen LogP contribution >= 0.6 is 11.6 Å². The van der Waals surface area contributed by atoms with Gasteiger partial charge < -0.3 is 4.42 Å². The second-order valence-corrected chi connectivity index (χ2v) is 5.23. The smallest absolute Gasteiger partial charge is 0.210 e. The highest BCUT2D eigenvalue weighted by atomic mass is 35.5. The number of carbonyl (C=O) groups is 1. The van der Waals surface area contributed by atoms with Crippen LogP contribution in [0.25, 0.3) is 0 Å². The van der Waals surface area contributed by atoms with Crippen LogP contribution in [-0.4, -0.2) is 15.7 Å². The molecule has 3 nitrogen and oxygen atoms in total. The van der Waals surface area contributed by atoms with Crippen LogP contribution in [0.5, 0.6) is 0 Å². The molecule has 5 heteroatoms. The Balaban J connectivity index is 2.07. The minimum atomic E-state index is -1.37. The number of furan rings is 1. The van der Waals surface area contributed by atoms with E-state index in [9.17, 15) is 9.00 Å². The summed E-state index contributed by atoms with van der Waals surface area (Å²) in [7, 11) is -1.37. The van der Waals surface area contributed by atoms with Gasteiger partial charge in [-0.15, -0.1) is 0 Å². The maximum Gasteiger partial charge on any atom is 0.210 e. The Labute approximate surface area is 106 Å². The standard InChI is InChI=1S/C12H9ClO3S/c13-9-3-5-10(6-4-9)17(15)8-11(14)12-2-1-7-16-12/h1-7H,8H2. The molecule has 0 aliphatic rings. The van der Waals surface area contributed by atoms with Crippen molar-refractivity contribution in [2.24, 2.45) is 0 Å². The van der Waals surface area contributed by atoms with Gasteiger partial charge in [-0.3, -0.25) is 9.00 Å². The maximum absolute atomic E-state index is 11.9. The first-order valence-corrected chi connectivity index (χ1v) is 6.57. The lowest BCUT2D eigenvalue weighted by atomic mass is 10.3. The molecule has 1 atom stereocenters. The molecule has 0 amide bonds. The summed E-state index contributed by atoms with van der Waals surface area (Å²) in [6.07, 6.45) is 1.42. The molecule has 1 aromatic carbocycles. The molecule has 0 aliphatic heterocycles. The minimum Gasteiger partial charge on any atom is -0.461 e. The second-order valence-electron chi connectivity index (χ2n) is 3.34. The third-order valence-electron chi connectivity index (χ3n) is 2.13. The highest BCUT2D eigenvalue weighted by Crippen LogP contribution is 2.14. The SMILES string of the molecule is O=C(CS(=O)c1ccc(Cl)cc1)c1ccco1. The van der Waals surface area contributed by atoms with Gasteiger partial charge in [-0.05, 0) is 36.4 Å². The van der Waals surface area contributed by atoms with Gasteiger partial charge in [-0.25, -0.2) is 0 Å². The van der Waals surface area contributed by atoms with Gasteiger partial charge in [-0.2, -0.15) is 0 Å². The normalized spacial score (nSPS) is 12.3. The van der Waals surface area contributed by atoms with Crippen LogP contribution in [0.15, 0.2) is 52.0 Å². The molecule has 88 valence electrons. The van der Waals surface area contributed by atoms with Crippen LogP contribution in [0.4, 0.5) is 0 Å². The fraction of sp³-hybridized carbons (Fsp3) is 0.0833. The lowest BCUT2D eigenvalue weighted by Crippen LogP contribution is -2.10.